The summed E-state index contributed by atoms with van der Waals surface area (Å²) in [5.74, 6) is 0. The highest BCUT2D eigenvalue weighted by atomic mass is 13.8. The zero-order valence-electron chi connectivity index (χ0n) is 11.9. The van der Waals surface area contributed by atoms with E-state index in [1.54, 1.807) is 24.3 Å². The van der Waals surface area contributed by atoms with Gasteiger partial charge in [0.2, 0.25) is 0 Å². The molecule has 0 amide bonds. The molecule has 1 rings (SSSR count). The molecule has 1 aromatic carbocycles. The van der Waals surface area contributed by atoms with Crippen LogP contribution in [-0.4, -0.2) is 0 Å². The Morgan fingerprint density at radius 1 is 0.895 bits per heavy atom. The van der Waals surface area contributed by atoms with Crippen LogP contribution in [0.4, 0.5) is 0 Å². The van der Waals surface area contributed by atoms with Crippen molar-refractivity contribution in [2.24, 2.45) is 0 Å². The summed E-state index contributed by atoms with van der Waals surface area (Å²) in [5.41, 5.74) is 2.17. The second-order valence-electron chi connectivity index (χ2n) is 3.33. The Kier molecular flexibility index (Phi) is 15.7. The Hall–Kier alpha value is -2.34. The van der Waals surface area contributed by atoms with Gasteiger partial charge in [-0.1, -0.05) is 93.1 Å². The van der Waals surface area contributed by atoms with Gasteiger partial charge in [0.05, 0.1) is 0 Å². The predicted octanol–water partition coefficient (Wildman–Crippen LogP) is 5.99. The Morgan fingerprint density at radius 2 is 1.37 bits per heavy atom. The largest absolute Gasteiger partial charge is 0.103 e. The molecule has 100 valence electrons. The summed E-state index contributed by atoms with van der Waals surface area (Å²) >= 11 is 0. The van der Waals surface area contributed by atoms with Crippen molar-refractivity contribution < 1.29 is 0 Å². The van der Waals surface area contributed by atoms with Gasteiger partial charge in [0.1, 0.15) is 0 Å². The topological polar surface area (TPSA) is 0 Å². The maximum atomic E-state index is 3.63. The lowest BCUT2D eigenvalue weighted by molar-refractivity contribution is 1.67. The first-order chi connectivity index (χ1) is 9.19. The second-order valence-corrected chi connectivity index (χ2v) is 3.33. The van der Waals surface area contributed by atoms with Crippen LogP contribution in [0.2, 0.25) is 0 Å². The zero-order valence-corrected chi connectivity index (χ0v) is 11.9. The smallest absolute Gasteiger partial charge is 0.0263 e. The molecule has 0 saturated heterocycles. The molecule has 19 heavy (non-hydrogen) atoms. The number of rotatable bonds is 4. The van der Waals surface area contributed by atoms with E-state index < -0.39 is 0 Å². The van der Waals surface area contributed by atoms with Crippen LogP contribution in [0.1, 0.15) is 12.5 Å². The Morgan fingerprint density at radius 3 is 1.58 bits per heavy atom. The summed E-state index contributed by atoms with van der Waals surface area (Å²) in [6.45, 7) is 19.5. The summed E-state index contributed by atoms with van der Waals surface area (Å²) in [4.78, 5) is 0. The summed E-state index contributed by atoms with van der Waals surface area (Å²) in [6.07, 6.45) is 10.6. The van der Waals surface area contributed by atoms with E-state index >= 15 is 0 Å². The average molecular weight is 252 g/mol. The van der Waals surface area contributed by atoms with Gasteiger partial charge in [-0.3, -0.25) is 0 Å². The van der Waals surface area contributed by atoms with Crippen LogP contribution in [0.15, 0.2) is 99.2 Å². The molecule has 0 aliphatic carbocycles. The fourth-order valence-electron chi connectivity index (χ4n) is 0.945. The molecule has 0 aliphatic heterocycles. The van der Waals surface area contributed by atoms with Gasteiger partial charge in [0.15, 0.2) is 0 Å². The number of allylic oxidation sites excluding steroid dienone is 6. The molecule has 0 heterocycles. The van der Waals surface area contributed by atoms with Crippen molar-refractivity contribution in [3.05, 3.63) is 105 Å². The summed E-state index contributed by atoms with van der Waals surface area (Å²) in [7, 11) is 0. The summed E-state index contributed by atoms with van der Waals surface area (Å²) in [5, 5.41) is 0. The van der Waals surface area contributed by atoms with Crippen LogP contribution in [0.5, 0.6) is 0 Å². The Bertz CT molecular complexity index is 395. The first-order valence-electron chi connectivity index (χ1n) is 6.02. The van der Waals surface area contributed by atoms with Crippen LogP contribution in [-0.2, 0) is 0 Å². The van der Waals surface area contributed by atoms with Gasteiger partial charge in [-0.15, -0.1) is 6.58 Å². The van der Waals surface area contributed by atoms with E-state index in [1.807, 2.05) is 49.4 Å². The van der Waals surface area contributed by atoms with Crippen LogP contribution in [0, 0.1) is 0 Å². The Balaban J connectivity index is 0. The molecule has 0 saturated carbocycles. The van der Waals surface area contributed by atoms with Crippen molar-refractivity contribution in [2.75, 3.05) is 0 Å². The highest BCUT2D eigenvalue weighted by molar-refractivity contribution is 5.45. The third-order valence-electron chi connectivity index (χ3n) is 1.82. The molecule has 0 N–H and O–H groups in total. The number of hydrogen-bond donors (Lipinski definition) is 0. The summed E-state index contributed by atoms with van der Waals surface area (Å²) < 4.78 is 0. The Labute approximate surface area is 118 Å². The fraction of sp³-hybridized carbons (Fsp3) is 0.0526. The summed E-state index contributed by atoms with van der Waals surface area (Å²) in [6, 6.07) is 10.0. The van der Waals surface area contributed by atoms with Crippen molar-refractivity contribution in [2.45, 2.75) is 6.92 Å². The molecule has 1 aromatic rings. The first kappa shape index (κ1) is 19.0. The van der Waals surface area contributed by atoms with Gasteiger partial charge < -0.3 is 0 Å². The number of benzene rings is 1. The van der Waals surface area contributed by atoms with Crippen molar-refractivity contribution in [1.29, 1.82) is 0 Å². The van der Waals surface area contributed by atoms with Gasteiger partial charge in [0.25, 0.3) is 0 Å². The standard InChI is InChI=1S/C8H8.C8H10.C3H6/c1-2-8-6-4-3-5-7-8;1-4-7-8(5-2)6-3;1-3-2/h2-7H,1H2;4-7H,1-3H2;3H,1H2,2H3. The third-order valence-corrected chi connectivity index (χ3v) is 1.82. The molecule has 0 bridgehead atoms. The molecule has 0 aliphatic rings. The lowest BCUT2D eigenvalue weighted by atomic mass is 10.2. The molecule has 0 heteroatoms. The third kappa shape index (κ3) is 13.6. The molecule has 0 spiro atoms. The number of hydrogen-bond acceptors (Lipinski definition) is 0. The molecule has 0 unspecified atom stereocenters. The molecule has 0 atom stereocenters. The molecule has 0 fully saturated rings. The van der Waals surface area contributed by atoms with E-state index in [0.717, 1.165) is 5.57 Å². The average Bonchev–Trinajstić information content (AvgIpc) is 2.47. The van der Waals surface area contributed by atoms with Gasteiger partial charge in [-0.2, -0.15) is 0 Å². The molecule has 0 nitrogen and oxygen atoms in total. The van der Waals surface area contributed by atoms with E-state index in [-0.39, 0.29) is 0 Å². The van der Waals surface area contributed by atoms with E-state index in [2.05, 4.69) is 32.9 Å². The first-order valence-corrected chi connectivity index (χ1v) is 6.02. The van der Waals surface area contributed by atoms with Gasteiger partial charge in [-0.25, -0.2) is 0 Å². The van der Waals surface area contributed by atoms with Crippen LogP contribution in [0.25, 0.3) is 6.08 Å². The minimum atomic E-state index is 1.00. The predicted molar refractivity (Wildman–Crippen MR) is 91.1 cm³/mol. The van der Waals surface area contributed by atoms with Crippen molar-refractivity contribution in [3.63, 3.8) is 0 Å². The minimum Gasteiger partial charge on any atom is -0.103 e. The second kappa shape index (κ2) is 15.7. The zero-order chi connectivity index (χ0) is 14.9. The maximum absolute atomic E-state index is 3.63. The van der Waals surface area contributed by atoms with Crippen LogP contribution in [0.3, 0.4) is 0 Å². The van der Waals surface area contributed by atoms with Gasteiger partial charge in [-0.05, 0) is 18.1 Å². The lowest BCUT2D eigenvalue weighted by Crippen LogP contribution is -1.63. The molecule has 0 aromatic heterocycles. The molecular weight excluding hydrogens is 228 g/mol. The molecular formula is C19H24. The van der Waals surface area contributed by atoms with Gasteiger partial charge in [0, 0.05) is 0 Å². The van der Waals surface area contributed by atoms with E-state index in [4.69, 9.17) is 0 Å². The molecule has 0 radical (unpaired) electrons. The van der Waals surface area contributed by atoms with Crippen LogP contribution < -0.4 is 0 Å². The normalized spacial score (nSPS) is 7.21. The monoisotopic (exact) mass is 252 g/mol. The highest BCUT2D eigenvalue weighted by Crippen LogP contribution is 1.97. The van der Waals surface area contributed by atoms with E-state index in [9.17, 15) is 0 Å². The van der Waals surface area contributed by atoms with Crippen molar-refractivity contribution >= 4 is 6.08 Å². The van der Waals surface area contributed by atoms with Crippen molar-refractivity contribution in [1.82, 2.24) is 0 Å². The van der Waals surface area contributed by atoms with E-state index in [1.165, 1.54) is 5.56 Å². The SMILES string of the molecule is C=CC.C=CC=C(C=C)C=C.C=Cc1ccccc1. The fourth-order valence-corrected chi connectivity index (χ4v) is 0.945. The lowest BCUT2D eigenvalue weighted by Gasteiger charge is -1.85. The highest BCUT2D eigenvalue weighted by Gasteiger charge is 1.76. The minimum absolute atomic E-state index is 1.00. The van der Waals surface area contributed by atoms with Gasteiger partial charge >= 0.3 is 0 Å². The maximum Gasteiger partial charge on any atom is -0.0263 e. The van der Waals surface area contributed by atoms with Crippen molar-refractivity contribution in [3.8, 4) is 0 Å². The van der Waals surface area contributed by atoms with Crippen LogP contribution >= 0.6 is 0 Å². The quantitative estimate of drug-likeness (QED) is 0.456. The van der Waals surface area contributed by atoms with E-state index in [0.29, 0.717) is 0 Å².